The average Bonchev–Trinajstić information content (AvgIpc) is 3.39. The molecule has 2 fully saturated rings. The Bertz CT molecular complexity index is 1190. The molecule has 2 saturated heterocycles. The van der Waals surface area contributed by atoms with Crippen LogP contribution in [0, 0.1) is 4.77 Å². The Labute approximate surface area is 183 Å². The van der Waals surface area contributed by atoms with Crippen molar-refractivity contribution in [2.45, 2.75) is 24.9 Å². The van der Waals surface area contributed by atoms with Crippen molar-refractivity contribution in [3.8, 4) is 28.6 Å². The molecular formula is C22H21N3O5S. The molecule has 0 unspecified atom stereocenters. The summed E-state index contributed by atoms with van der Waals surface area (Å²) in [5.74, 6) is 1.74. The maximum atomic E-state index is 12.4. The van der Waals surface area contributed by atoms with Gasteiger partial charge in [0, 0.05) is 17.7 Å². The zero-order valence-electron chi connectivity index (χ0n) is 17.1. The van der Waals surface area contributed by atoms with E-state index in [0.29, 0.717) is 28.7 Å². The molecule has 2 aliphatic rings. The van der Waals surface area contributed by atoms with Gasteiger partial charge in [0.05, 0.1) is 26.9 Å². The molecule has 3 atom stereocenters. The molecule has 0 radical (unpaired) electrons. The maximum absolute atomic E-state index is 12.4. The summed E-state index contributed by atoms with van der Waals surface area (Å²) in [6, 6.07) is 15.0. The third kappa shape index (κ3) is 3.34. The van der Waals surface area contributed by atoms with Gasteiger partial charge >= 0.3 is 0 Å². The first-order valence-electron chi connectivity index (χ1n) is 9.90. The molecule has 0 saturated carbocycles. The highest BCUT2D eigenvalue weighted by Crippen LogP contribution is 2.36. The summed E-state index contributed by atoms with van der Waals surface area (Å²) < 4.78 is 26.1. The lowest BCUT2D eigenvalue weighted by Crippen LogP contribution is -2.37. The van der Waals surface area contributed by atoms with Crippen LogP contribution in [-0.2, 0) is 14.3 Å². The van der Waals surface area contributed by atoms with Gasteiger partial charge in [0.25, 0.3) is 0 Å². The van der Waals surface area contributed by atoms with E-state index in [1.807, 2.05) is 53.1 Å². The predicted octanol–water partition coefficient (Wildman–Crippen LogP) is 3.34. The molecule has 0 spiro atoms. The summed E-state index contributed by atoms with van der Waals surface area (Å²) in [5, 5.41) is 4.85. The molecule has 8 nitrogen and oxygen atoms in total. The summed E-state index contributed by atoms with van der Waals surface area (Å²) in [7, 11) is 3.18. The Morgan fingerprint density at radius 2 is 1.87 bits per heavy atom. The van der Waals surface area contributed by atoms with E-state index in [2.05, 4.69) is 0 Å². The molecule has 2 aliphatic heterocycles. The first-order valence-corrected chi connectivity index (χ1v) is 10.3. The van der Waals surface area contributed by atoms with E-state index in [9.17, 15) is 4.79 Å². The highest BCUT2D eigenvalue weighted by atomic mass is 32.1. The first kappa shape index (κ1) is 19.9. The summed E-state index contributed by atoms with van der Waals surface area (Å²) in [6.07, 6.45) is -0.774. The number of carbonyl (C=O) groups is 1. The van der Waals surface area contributed by atoms with E-state index in [0.717, 1.165) is 11.3 Å². The van der Waals surface area contributed by atoms with Crippen LogP contribution in [0.25, 0.3) is 17.1 Å². The van der Waals surface area contributed by atoms with E-state index in [1.165, 1.54) is 0 Å². The Morgan fingerprint density at radius 1 is 1.10 bits per heavy atom. The molecule has 9 heteroatoms. The number of nitrogens with zero attached hydrogens (tertiary/aromatic N) is 3. The fraction of sp³-hybridized carbons (Fsp3) is 0.318. The number of ether oxygens (including phenoxy) is 4. The molecule has 2 aromatic carbocycles. The molecule has 3 heterocycles. The van der Waals surface area contributed by atoms with Gasteiger partial charge in [-0.15, -0.1) is 0 Å². The van der Waals surface area contributed by atoms with Crippen molar-refractivity contribution in [2.24, 2.45) is 0 Å². The minimum atomic E-state index is -0.767. The lowest BCUT2D eigenvalue weighted by Gasteiger charge is -2.26. The predicted molar refractivity (Wildman–Crippen MR) is 114 cm³/mol. The number of benzene rings is 2. The van der Waals surface area contributed by atoms with Crippen LogP contribution < -0.4 is 9.47 Å². The van der Waals surface area contributed by atoms with Gasteiger partial charge in [0.15, 0.2) is 23.1 Å². The second kappa shape index (κ2) is 7.92. The van der Waals surface area contributed by atoms with Gasteiger partial charge in [0.2, 0.25) is 11.1 Å². The van der Waals surface area contributed by atoms with E-state index in [-0.39, 0.29) is 24.3 Å². The third-order valence-corrected chi connectivity index (χ3v) is 5.95. The van der Waals surface area contributed by atoms with Crippen LogP contribution in [0.1, 0.15) is 12.5 Å². The van der Waals surface area contributed by atoms with Crippen LogP contribution in [0.4, 0.5) is 0 Å². The van der Waals surface area contributed by atoms with Crippen molar-refractivity contribution in [3.05, 3.63) is 53.3 Å². The van der Waals surface area contributed by atoms with Crippen LogP contribution in [-0.4, -0.2) is 53.4 Å². The summed E-state index contributed by atoms with van der Waals surface area (Å²) in [4.78, 5) is 12.4. The van der Waals surface area contributed by atoms with Crippen molar-refractivity contribution >= 4 is 18.0 Å². The SMILES string of the molecule is COc1ccc(-c2nn([C@H]3CC(=O)[C@@H]4OC[C@H]3O4)c(=S)n2-c2ccccc2)cc1OC. The Hall–Kier alpha value is -3.01. The van der Waals surface area contributed by atoms with Gasteiger partial charge in [0.1, 0.15) is 6.10 Å². The second-order valence-corrected chi connectivity index (χ2v) is 7.73. The van der Waals surface area contributed by atoms with Crippen LogP contribution in [0.15, 0.2) is 48.5 Å². The van der Waals surface area contributed by atoms with E-state index in [4.69, 9.17) is 36.3 Å². The summed E-state index contributed by atoms with van der Waals surface area (Å²) >= 11 is 5.84. The minimum absolute atomic E-state index is 0.0948. The topological polar surface area (TPSA) is 76.7 Å². The molecular weight excluding hydrogens is 418 g/mol. The quantitative estimate of drug-likeness (QED) is 0.564. The van der Waals surface area contributed by atoms with E-state index in [1.54, 1.807) is 18.9 Å². The number of hydrogen-bond acceptors (Lipinski definition) is 7. The van der Waals surface area contributed by atoms with Gasteiger partial charge in [-0.1, -0.05) is 18.2 Å². The molecule has 31 heavy (non-hydrogen) atoms. The first-order chi connectivity index (χ1) is 15.1. The van der Waals surface area contributed by atoms with E-state index < -0.39 is 6.29 Å². The molecule has 0 aliphatic carbocycles. The fourth-order valence-electron chi connectivity index (χ4n) is 4.04. The zero-order valence-corrected chi connectivity index (χ0v) is 17.9. The minimum Gasteiger partial charge on any atom is -0.493 e. The number of aromatic nitrogens is 3. The lowest BCUT2D eigenvalue weighted by atomic mass is 10.0. The smallest absolute Gasteiger partial charge is 0.218 e. The maximum Gasteiger partial charge on any atom is 0.218 e. The number of Topliss-reactive ketones (excluding diaryl/α,β-unsaturated/α-hetero) is 1. The average molecular weight is 439 g/mol. The van der Waals surface area contributed by atoms with E-state index >= 15 is 0 Å². The van der Waals surface area contributed by atoms with Crippen molar-refractivity contribution in [1.82, 2.24) is 14.3 Å². The van der Waals surface area contributed by atoms with Crippen LogP contribution in [0.5, 0.6) is 11.5 Å². The molecule has 1 aromatic heterocycles. The number of methoxy groups -OCH3 is 2. The van der Waals surface area contributed by atoms with Crippen LogP contribution in [0.3, 0.4) is 0 Å². The van der Waals surface area contributed by atoms with Crippen molar-refractivity contribution < 1.29 is 23.7 Å². The highest BCUT2D eigenvalue weighted by Gasteiger charge is 2.45. The van der Waals surface area contributed by atoms with Crippen molar-refractivity contribution in [2.75, 3.05) is 20.8 Å². The summed E-state index contributed by atoms with van der Waals surface area (Å²) in [6.45, 7) is 0.340. The zero-order chi connectivity index (χ0) is 21.5. The second-order valence-electron chi connectivity index (χ2n) is 7.37. The molecule has 160 valence electrons. The van der Waals surface area contributed by atoms with Gasteiger partial charge in [-0.25, -0.2) is 4.68 Å². The van der Waals surface area contributed by atoms with Gasteiger partial charge in [-0.05, 0) is 42.5 Å². The number of hydrogen-bond donors (Lipinski definition) is 0. The Morgan fingerprint density at radius 3 is 2.61 bits per heavy atom. The monoisotopic (exact) mass is 439 g/mol. The number of carbonyl (C=O) groups excluding carboxylic acids is 1. The number of rotatable bonds is 5. The molecule has 0 amide bonds. The van der Waals surface area contributed by atoms with Crippen molar-refractivity contribution in [1.29, 1.82) is 0 Å². The largest absolute Gasteiger partial charge is 0.493 e. The van der Waals surface area contributed by atoms with Crippen LogP contribution in [0.2, 0.25) is 0 Å². The molecule has 2 bridgehead atoms. The lowest BCUT2D eigenvalue weighted by molar-refractivity contribution is -0.156. The van der Waals surface area contributed by atoms with Gasteiger partial charge in [-0.2, -0.15) is 5.10 Å². The number of ketones is 1. The number of fused-ring (bicyclic) bond motifs is 2. The van der Waals surface area contributed by atoms with Gasteiger partial charge in [-0.3, -0.25) is 9.36 Å². The number of para-hydroxylation sites is 1. The molecule has 3 aromatic rings. The standard InChI is InChI=1S/C22H21N3O5S/c1-27-17-9-8-13(10-18(17)28-2)20-23-25(15-11-16(26)21-29-12-19(15)30-21)22(31)24(20)14-6-4-3-5-7-14/h3-10,15,19,21H,11-12H2,1-2H3/t15-,19+,21+/m0/s1. The van der Waals surface area contributed by atoms with Crippen molar-refractivity contribution in [3.63, 3.8) is 0 Å². The highest BCUT2D eigenvalue weighted by molar-refractivity contribution is 7.71. The Kier molecular flexibility index (Phi) is 5.09. The third-order valence-electron chi connectivity index (χ3n) is 5.58. The van der Waals surface area contributed by atoms with Crippen LogP contribution >= 0.6 is 12.2 Å². The Balaban J connectivity index is 1.68. The normalized spacial score (nSPS) is 22.5. The fourth-order valence-corrected chi connectivity index (χ4v) is 4.41. The molecule has 5 rings (SSSR count). The summed E-state index contributed by atoms with van der Waals surface area (Å²) in [5.41, 5.74) is 1.67. The molecule has 0 N–H and O–H groups in total. The van der Waals surface area contributed by atoms with Gasteiger partial charge < -0.3 is 18.9 Å².